The Morgan fingerprint density at radius 3 is 2.20 bits per heavy atom. The van der Waals surface area contributed by atoms with Crippen molar-refractivity contribution in [2.75, 3.05) is 21.3 Å². The van der Waals surface area contributed by atoms with Gasteiger partial charge in [0.15, 0.2) is 23.0 Å². The molecule has 0 spiro atoms. The molecule has 6 nitrogen and oxygen atoms in total. The molecule has 132 valence electrons. The van der Waals surface area contributed by atoms with Gasteiger partial charge in [-0.25, -0.2) is 4.79 Å². The molecular weight excluding hydrogens is 324 g/mol. The number of ether oxygens (including phenoxy) is 3. The fourth-order valence-electron chi connectivity index (χ4n) is 2.54. The van der Waals surface area contributed by atoms with Crippen molar-refractivity contribution in [1.82, 2.24) is 0 Å². The van der Waals surface area contributed by atoms with Crippen LogP contribution in [0.1, 0.15) is 16.7 Å². The Balaban J connectivity index is 2.57. The van der Waals surface area contributed by atoms with E-state index in [1.54, 1.807) is 24.3 Å². The van der Waals surface area contributed by atoms with E-state index in [1.165, 1.54) is 33.5 Å². The maximum absolute atomic E-state index is 11.8. The van der Waals surface area contributed by atoms with E-state index in [0.29, 0.717) is 28.4 Å². The smallest absolute Gasteiger partial charge is 0.336 e. The molecule has 0 bridgehead atoms. The van der Waals surface area contributed by atoms with Crippen LogP contribution in [0.3, 0.4) is 0 Å². The van der Waals surface area contributed by atoms with Crippen LogP contribution in [-0.4, -0.2) is 37.5 Å². The van der Waals surface area contributed by atoms with Gasteiger partial charge < -0.3 is 24.4 Å². The van der Waals surface area contributed by atoms with Crippen LogP contribution >= 0.6 is 0 Å². The molecule has 0 unspecified atom stereocenters. The fourth-order valence-corrected chi connectivity index (χ4v) is 2.54. The topological polar surface area (TPSA) is 85.2 Å². The van der Waals surface area contributed by atoms with Crippen LogP contribution in [0.5, 0.6) is 23.0 Å². The standard InChI is InChI=1S/C19H20O6/c1-11-7-13(10-17(24-3)18(11)25-4)14(19(21)22)8-12-5-6-16(23-2)15(20)9-12/h5-10,20H,1-4H3,(H,21,22)/b14-8+. The average Bonchev–Trinajstić information content (AvgIpc) is 2.58. The molecular formula is C19H20O6. The molecule has 0 saturated carbocycles. The second-order valence-corrected chi connectivity index (χ2v) is 5.32. The third kappa shape index (κ3) is 3.85. The summed E-state index contributed by atoms with van der Waals surface area (Å²) >= 11 is 0. The Morgan fingerprint density at radius 2 is 1.68 bits per heavy atom. The Kier molecular flexibility index (Phi) is 5.54. The van der Waals surface area contributed by atoms with Gasteiger partial charge in [-0.05, 0) is 54.0 Å². The van der Waals surface area contributed by atoms with E-state index in [9.17, 15) is 15.0 Å². The number of phenolic OH excluding ortho intramolecular Hbond substituents is 1. The summed E-state index contributed by atoms with van der Waals surface area (Å²) in [4.78, 5) is 11.8. The first kappa shape index (κ1) is 18.2. The Labute approximate surface area is 145 Å². The number of hydrogen-bond donors (Lipinski definition) is 2. The zero-order chi connectivity index (χ0) is 18.6. The lowest BCUT2D eigenvalue weighted by Gasteiger charge is -2.13. The van der Waals surface area contributed by atoms with Crippen LogP contribution in [0, 0.1) is 6.92 Å². The summed E-state index contributed by atoms with van der Waals surface area (Å²) < 4.78 is 15.6. The molecule has 0 atom stereocenters. The largest absolute Gasteiger partial charge is 0.504 e. The van der Waals surface area contributed by atoms with E-state index in [4.69, 9.17) is 14.2 Å². The lowest BCUT2D eigenvalue weighted by atomic mass is 9.99. The molecule has 2 aromatic rings. The SMILES string of the molecule is COc1ccc(/C=C(/C(=O)O)c2cc(C)c(OC)c(OC)c2)cc1O. The molecule has 2 rings (SSSR count). The number of aliphatic carboxylic acids is 1. The van der Waals surface area contributed by atoms with Crippen LogP contribution in [0.2, 0.25) is 0 Å². The van der Waals surface area contributed by atoms with Crippen LogP contribution < -0.4 is 14.2 Å². The summed E-state index contributed by atoms with van der Waals surface area (Å²) in [5.74, 6) is 0.155. The highest BCUT2D eigenvalue weighted by molar-refractivity contribution is 6.20. The van der Waals surface area contributed by atoms with E-state index in [1.807, 2.05) is 6.92 Å². The van der Waals surface area contributed by atoms with E-state index in [-0.39, 0.29) is 11.3 Å². The summed E-state index contributed by atoms with van der Waals surface area (Å²) in [6.45, 7) is 1.81. The van der Waals surface area contributed by atoms with Crippen molar-refractivity contribution in [2.45, 2.75) is 6.92 Å². The molecule has 0 heterocycles. The summed E-state index contributed by atoms with van der Waals surface area (Å²) in [5.41, 5.74) is 1.82. The van der Waals surface area contributed by atoms with E-state index >= 15 is 0 Å². The second kappa shape index (κ2) is 7.61. The van der Waals surface area contributed by atoms with E-state index in [0.717, 1.165) is 5.56 Å². The Hall–Kier alpha value is -3.15. The molecule has 0 fully saturated rings. The summed E-state index contributed by atoms with van der Waals surface area (Å²) in [7, 11) is 4.46. The van der Waals surface area contributed by atoms with Crippen molar-refractivity contribution in [2.24, 2.45) is 0 Å². The molecule has 25 heavy (non-hydrogen) atoms. The van der Waals surface area contributed by atoms with Crippen molar-refractivity contribution in [1.29, 1.82) is 0 Å². The molecule has 2 N–H and O–H groups in total. The number of aryl methyl sites for hydroxylation is 1. The first-order valence-electron chi connectivity index (χ1n) is 7.46. The highest BCUT2D eigenvalue weighted by Crippen LogP contribution is 2.35. The van der Waals surface area contributed by atoms with Gasteiger partial charge in [-0.1, -0.05) is 6.07 Å². The number of methoxy groups -OCH3 is 3. The molecule has 0 aliphatic carbocycles. The minimum Gasteiger partial charge on any atom is -0.504 e. The highest BCUT2D eigenvalue weighted by atomic mass is 16.5. The number of carboxylic acids is 1. The Bertz CT molecular complexity index is 823. The van der Waals surface area contributed by atoms with Gasteiger partial charge in [-0.2, -0.15) is 0 Å². The zero-order valence-corrected chi connectivity index (χ0v) is 14.5. The van der Waals surface area contributed by atoms with Crippen LogP contribution in [0.4, 0.5) is 0 Å². The lowest BCUT2D eigenvalue weighted by Crippen LogP contribution is -2.02. The summed E-state index contributed by atoms with van der Waals surface area (Å²) in [5, 5.41) is 19.5. The van der Waals surface area contributed by atoms with Crippen molar-refractivity contribution >= 4 is 17.6 Å². The summed E-state index contributed by atoms with van der Waals surface area (Å²) in [6, 6.07) is 7.99. The van der Waals surface area contributed by atoms with Gasteiger partial charge in [0.25, 0.3) is 0 Å². The molecule has 2 aromatic carbocycles. The van der Waals surface area contributed by atoms with Gasteiger partial charge in [0.05, 0.1) is 26.9 Å². The molecule has 0 aliphatic heterocycles. The molecule has 0 amide bonds. The predicted molar refractivity (Wildman–Crippen MR) is 94.4 cm³/mol. The Morgan fingerprint density at radius 1 is 1.00 bits per heavy atom. The first-order chi connectivity index (χ1) is 11.9. The van der Waals surface area contributed by atoms with Crippen molar-refractivity contribution in [3.63, 3.8) is 0 Å². The van der Waals surface area contributed by atoms with Gasteiger partial charge in [0, 0.05) is 0 Å². The van der Waals surface area contributed by atoms with E-state index in [2.05, 4.69) is 0 Å². The number of benzene rings is 2. The number of hydrogen-bond acceptors (Lipinski definition) is 5. The first-order valence-corrected chi connectivity index (χ1v) is 7.46. The van der Waals surface area contributed by atoms with Gasteiger partial charge in [-0.3, -0.25) is 0 Å². The quantitative estimate of drug-likeness (QED) is 0.617. The van der Waals surface area contributed by atoms with Crippen LogP contribution in [0.15, 0.2) is 30.3 Å². The number of carbonyl (C=O) groups is 1. The lowest BCUT2D eigenvalue weighted by molar-refractivity contribution is -0.130. The summed E-state index contributed by atoms with van der Waals surface area (Å²) in [6.07, 6.45) is 1.47. The maximum Gasteiger partial charge on any atom is 0.336 e. The number of aromatic hydroxyl groups is 1. The average molecular weight is 344 g/mol. The zero-order valence-electron chi connectivity index (χ0n) is 14.5. The second-order valence-electron chi connectivity index (χ2n) is 5.32. The van der Waals surface area contributed by atoms with Gasteiger partial charge in [0.2, 0.25) is 0 Å². The third-order valence-corrected chi connectivity index (χ3v) is 3.72. The third-order valence-electron chi connectivity index (χ3n) is 3.72. The minimum atomic E-state index is -1.10. The normalized spacial score (nSPS) is 11.1. The monoisotopic (exact) mass is 344 g/mol. The molecule has 0 aromatic heterocycles. The number of phenols is 1. The van der Waals surface area contributed by atoms with Crippen molar-refractivity contribution in [3.05, 3.63) is 47.0 Å². The molecule has 6 heteroatoms. The molecule has 0 saturated heterocycles. The van der Waals surface area contributed by atoms with Gasteiger partial charge in [0.1, 0.15) is 0 Å². The molecule has 0 radical (unpaired) electrons. The van der Waals surface area contributed by atoms with Crippen molar-refractivity contribution in [3.8, 4) is 23.0 Å². The van der Waals surface area contributed by atoms with Gasteiger partial charge >= 0.3 is 5.97 Å². The van der Waals surface area contributed by atoms with Crippen molar-refractivity contribution < 1.29 is 29.2 Å². The minimum absolute atomic E-state index is 0.0635. The number of rotatable bonds is 6. The molecule has 0 aliphatic rings. The maximum atomic E-state index is 11.8. The van der Waals surface area contributed by atoms with Crippen LogP contribution in [-0.2, 0) is 4.79 Å². The highest BCUT2D eigenvalue weighted by Gasteiger charge is 2.16. The fraction of sp³-hybridized carbons (Fsp3) is 0.211. The van der Waals surface area contributed by atoms with E-state index < -0.39 is 5.97 Å². The van der Waals surface area contributed by atoms with Crippen LogP contribution in [0.25, 0.3) is 11.6 Å². The number of carboxylic acid groups (broad SMARTS) is 1. The predicted octanol–water partition coefficient (Wildman–Crippen LogP) is 3.35. The van der Waals surface area contributed by atoms with Gasteiger partial charge in [-0.15, -0.1) is 0 Å².